The quantitative estimate of drug-likeness (QED) is 0.479. The van der Waals surface area contributed by atoms with Crippen LogP contribution in [0.15, 0.2) is 34.6 Å². The van der Waals surface area contributed by atoms with Crippen LogP contribution in [-0.2, 0) is 0 Å². The Bertz CT molecular complexity index is 735. The van der Waals surface area contributed by atoms with Gasteiger partial charge >= 0.3 is 5.69 Å². The first-order valence-corrected chi connectivity index (χ1v) is 6.20. The predicted octanol–water partition coefficient (Wildman–Crippen LogP) is 2.86. The number of nitrogens with zero attached hydrogens (tertiary/aromatic N) is 4. The lowest BCUT2D eigenvalue weighted by Gasteiger charge is -2.04. The molecule has 0 saturated carbocycles. The monoisotopic (exact) mass is 323 g/mol. The molecule has 0 aliphatic rings. The number of nitro benzene ring substituents is 2. The Morgan fingerprint density at radius 2 is 1.65 bits per heavy atom. The van der Waals surface area contributed by atoms with Gasteiger partial charge in [0.25, 0.3) is 11.4 Å². The molecular weight excluding hydrogens is 310 g/mol. The molecule has 0 saturated heterocycles. The first-order valence-electron chi connectivity index (χ1n) is 6.20. The summed E-state index contributed by atoms with van der Waals surface area (Å²) in [6.45, 7) is 4.44. The minimum atomic E-state index is -0.810. The van der Waals surface area contributed by atoms with Crippen LogP contribution in [0.3, 0.4) is 0 Å². The zero-order chi connectivity index (χ0) is 17.7. The van der Waals surface area contributed by atoms with E-state index in [0.717, 1.165) is 18.2 Å². The maximum absolute atomic E-state index is 11.0. The van der Waals surface area contributed by atoms with Crippen molar-refractivity contribution in [3.05, 3.63) is 59.8 Å². The highest BCUT2D eigenvalue weighted by Gasteiger charge is 2.21. The standard InChI is InChI=1S/C12H13N5O6/c1-7(2)12(17(22)23)8(3)13-14-10-5-4-9(15(18)19)6-11(10)16(20)21/h4-6,14H,1-3H3/b13-8-. The van der Waals surface area contributed by atoms with E-state index in [4.69, 9.17) is 0 Å². The van der Waals surface area contributed by atoms with Gasteiger partial charge in [0.05, 0.1) is 20.8 Å². The summed E-state index contributed by atoms with van der Waals surface area (Å²) < 4.78 is 0. The van der Waals surface area contributed by atoms with E-state index in [9.17, 15) is 30.3 Å². The second kappa shape index (κ2) is 7.06. The molecular formula is C12H13N5O6. The Labute approximate surface area is 129 Å². The van der Waals surface area contributed by atoms with Crippen LogP contribution >= 0.6 is 0 Å². The number of nitrogens with one attached hydrogen (secondary N) is 1. The lowest BCUT2D eigenvalue weighted by atomic mass is 10.2. The van der Waals surface area contributed by atoms with Gasteiger partial charge in [0.2, 0.25) is 0 Å². The fourth-order valence-corrected chi connectivity index (χ4v) is 1.75. The first kappa shape index (κ1) is 17.7. The van der Waals surface area contributed by atoms with E-state index in [2.05, 4.69) is 10.5 Å². The summed E-state index contributed by atoms with van der Waals surface area (Å²) in [4.78, 5) is 30.4. The summed E-state index contributed by atoms with van der Waals surface area (Å²) >= 11 is 0. The van der Waals surface area contributed by atoms with E-state index in [1.165, 1.54) is 20.8 Å². The Hall–Kier alpha value is -3.37. The number of benzene rings is 1. The van der Waals surface area contributed by atoms with Gasteiger partial charge in [0.1, 0.15) is 11.4 Å². The smallest absolute Gasteiger partial charge is 0.271 e. The highest BCUT2D eigenvalue weighted by Crippen LogP contribution is 2.29. The number of non-ortho nitro benzene ring substituents is 1. The van der Waals surface area contributed by atoms with Crippen molar-refractivity contribution in [1.29, 1.82) is 0 Å². The first-order chi connectivity index (χ1) is 10.6. The SMILES string of the molecule is CC(C)=C(/C(C)=N\Nc1ccc([N+](=O)[O-])cc1[N+](=O)[O-])[N+](=O)[O-]. The van der Waals surface area contributed by atoms with E-state index in [0.29, 0.717) is 5.57 Å². The van der Waals surface area contributed by atoms with Crippen LogP contribution in [-0.4, -0.2) is 20.5 Å². The Balaban J connectivity index is 3.22. The van der Waals surface area contributed by atoms with Crippen molar-refractivity contribution in [2.24, 2.45) is 5.10 Å². The summed E-state index contributed by atoms with van der Waals surface area (Å²) in [6, 6.07) is 2.96. The molecule has 11 nitrogen and oxygen atoms in total. The number of nitro groups is 3. The van der Waals surface area contributed by atoms with E-state index < -0.39 is 26.1 Å². The molecule has 0 radical (unpaired) electrons. The molecule has 0 aliphatic heterocycles. The van der Waals surface area contributed by atoms with Gasteiger partial charge in [-0.15, -0.1) is 0 Å². The van der Waals surface area contributed by atoms with Gasteiger partial charge in [-0.3, -0.25) is 35.8 Å². The van der Waals surface area contributed by atoms with Crippen LogP contribution in [0, 0.1) is 30.3 Å². The highest BCUT2D eigenvalue weighted by atomic mass is 16.6. The molecule has 0 unspecified atom stereocenters. The van der Waals surface area contributed by atoms with Crippen molar-refractivity contribution < 1.29 is 14.8 Å². The van der Waals surface area contributed by atoms with Gasteiger partial charge in [-0.25, -0.2) is 0 Å². The molecule has 0 bridgehead atoms. The van der Waals surface area contributed by atoms with E-state index >= 15 is 0 Å². The largest absolute Gasteiger partial charge is 0.301 e. The van der Waals surface area contributed by atoms with Crippen molar-refractivity contribution >= 4 is 22.8 Å². The van der Waals surface area contributed by atoms with Crippen molar-refractivity contribution in [3.63, 3.8) is 0 Å². The average Bonchev–Trinajstić information content (AvgIpc) is 2.43. The molecule has 0 aromatic heterocycles. The van der Waals surface area contributed by atoms with Crippen molar-refractivity contribution in [2.75, 3.05) is 5.43 Å². The molecule has 0 aliphatic carbocycles. The van der Waals surface area contributed by atoms with Crippen LogP contribution < -0.4 is 5.43 Å². The molecule has 1 N–H and O–H groups in total. The topological polar surface area (TPSA) is 154 Å². The second-order valence-corrected chi connectivity index (χ2v) is 4.63. The number of rotatable bonds is 6. The summed E-state index contributed by atoms with van der Waals surface area (Å²) in [6.07, 6.45) is 0. The van der Waals surface area contributed by atoms with Gasteiger partial charge in [0.15, 0.2) is 0 Å². The fraction of sp³-hybridized carbons (Fsp3) is 0.250. The van der Waals surface area contributed by atoms with Crippen LogP contribution in [0.2, 0.25) is 0 Å². The minimum absolute atomic E-state index is 0.0163. The molecule has 1 rings (SSSR count). The van der Waals surface area contributed by atoms with E-state index in [1.54, 1.807) is 0 Å². The third kappa shape index (κ3) is 4.30. The summed E-state index contributed by atoms with van der Waals surface area (Å²) in [5, 5.41) is 36.3. The normalized spacial score (nSPS) is 10.8. The van der Waals surface area contributed by atoms with Crippen LogP contribution in [0.25, 0.3) is 0 Å². The third-order valence-electron chi connectivity index (χ3n) is 2.73. The average molecular weight is 323 g/mol. The van der Waals surface area contributed by atoms with Crippen molar-refractivity contribution in [2.45, 2.75) is 20.8 Å². The summed E-state index contributed by atoms with van der Waals surface area (Å²) in [7, 11) is 0. The van der Waals surface area contributed by atoms with Crippen molar-refractivity contribution in [1.82, 2.24) is 0 Å². The number of anilines is 1. The summed E-state index contributed by atoms with van der Waals surface area (Å²) in [5.41, 5.74) is 1.42. The maximum atomic E-state index is 11.0. The Morgan fingerprint density at radius 1 is 1.04 bits per heavy atom. The van der Waals surface area contributed by atoms with Crippen molar-refractivity contribution in [3.8, 4) is 0 Å². The van der Waals surface area contributed by atoms with E-state index in [-0.39, 0.29) is 17.1 Å². The minimum Gasteiger partial charge on any atom is -0.271 e. The number of hydrazone groups is 1. The van der Waals surface area contributed by atoms with Gasteiger partial charge < -0.3 is 0 Å². The molecule has 11 heteroatoms. The molecule has 1 aromatic carbocycles. The van der Waals surface area contributed by atoms with Gasteiger partial charge in [-0.1, -0.05) is 0 Å². The Morgan fingerprint density at radius 3 is 2.09 bits per heavy atom. The summed E-state index contributed by atoms with van der Waals surface area (Å²) in [5.74, 6) is 0. The number of hydrogen-bond donors (Lipinski definition) is 1. The van der Waals surface area contributed by atoms with Crippen LogP contribution in [0.4, 0.5) is 17.1 Å². The lowest BCUT2D eigenvalue weighted by molar-refractivity contribution is -0.416. The molecule has 122 valence electrons. The number of allylic oxidation sites excluding steroid dienone is 2. The molecule has 23 heavy (non-hydrogen) atoms. The molecule has 0 heterocycles. The maximum Gasteiger partial charge on any atom is 0.301 e. The highest BCUT2D eigenvalue weighted by molar-refractivity contribution is 5.97. The molecule has 0 spiro atoms. The lowest BCUT2D eigenvalue weighted by Crippen LogP contribution is -2.12. The van der Waals surface area contributed by atoms with Crippen LogP contribution in [0.5, 0.6) is 0 Å². The third-order valence-corrected chi connectivity index (χ3v) is 2.73. The second-order valence-electron chi connectivity index (χ2n) is 4.63. The Kier molecular flexibility index (Phi) is 5.43. The van der Waals surface area contributed by atoms with Gasteiger partial charge in [0, 0.05) is 11.6 Å². The molecule has 1 aromatic rings. The fourth-order valence-electron chi connectivity index (χ4n) is 1.75. The predicted molar refractivity (Wildman–Crippen MR) is 81.9 cm³/mol. The van der Waals surface area contributed by atoms with Crippen LogP contribution in [0.1, 0.15) is 20.8 Å². The zero-order valence-corrected chi connectivity index (χ0v) is 12.5. The van der Waals surface area contributed by atoms with Gasteiger partial charge in [-0.05, 0) is 26.8 Å². The van der Waals surface area contributed by atoms with Gasteiger partial charge in [-0.2, -0.15) is 5.10 Å². The molecule has 0 amide bonds. The van der Waals surface area contributed by atoms with E-state index in [1.807, 2.05) is 0 Å². The molecule has 0 atom stereocenters. The zero-order valence-electron chi connectivity index (χ0n) is 12.5. The molecule has 0 fully saturated rings. The number of hydrogen-bond acceptors (Lipinski definition) is 8.